The van der Waals surface area contributed by atoms with E-state index < -0.39 is 16.1 Å². The molecule has 0 rings (SSSR count). The van der Waals surface area contributed by atoms with E-state index in [1.54, 1.807) is 6.92 Å². The van der Waals surface area contributed by atoms with E-state index in [9.17, 15) is 8.42 Å². The number of unbranched alkanes of at least 4 members (excludes halogenated alkanes) is 1. The lowest BCUT2D eigenvalue weighted by Crippen LogP contribution is -2.33. The molecule has 0 saturated heterocycles. The fraction of sp³-hybridized carbons (Fsp3) is 0.750. The predicted molar refractivity (Wildman–Crippen MR) is 50.1 cm³/mol. The van der Waals surface area contributed by atoms with Crippen LogP contribution in [0.25, 0.3) is 0 Å². The Bertz CT molecular complexity index is 251. The van der Waals surface area contributed by atoms with Crippen molar-refractivity contribution in [3.8, 4) is 12.3 Å². The van der Waals surface area contributed by atoms with E-state index in [2.05, 4.69) is 10.6 Å². The first-order valence-corrected chi connectivity index (χ1v) is 5.63. The molecule has 1 unspecified atom stereocenters. The molecule has 1 atom stereocenters. The summed E-state index contributed by atoms with van der Waals surface area (Å²) < 4.78 is 24.7. The van der Waals surface area contributed by atoms with Crippen LogP contribution < -0.4 is 4.72 Å². The Morgan fingerprint density at radius 2 is 2.17 bits per heavy atom. The van der Waals surface area contributed by atoms with Gasteiger partial charge in [-0.15, -0.1) is 6.42 Å². The zero-order valence-corrected chi connectivity index (χ0v) is 8.32. The van der Waals surface area contributed by atoms with Crippen molar-refractivity contribution in [2.45, 2.75) is 32.7 Å². The molecule has 70 valence electrons. The van der Waals surface area contributed by atoms with Gasteiger partial charge in [-0.05, 0) is 13.3 Å². The van der Waals surface area contributed by atoms with E-state index in [0.29, 0.717) is 6.42 Å². The molecule has 3 nitrogen and oxygen atoms in total. The van der Waals surface area contributed by atoms with Gasteiger partial charge >= 0.3 is 0 Å². The summed E-state index contributed by atoms with van der Waals surface area (Å²) in [5, 5.41) is 0. The molecule has 0 saturated carbocycles. The fourth-order valence-corrected chi connectivity index (χ4v) is 2.09. The first-order valence-electron chi connectivity index (χ1n) is 3.98. The van der Waals surface area contributed by atoms with E-state index in [-0.39, 0.29) is 5.75 Å². The number of sulfonamides is 1. The highest BCUT2D eigenvalue weighted by molar-refractivity contribution is 7.89. The number of nitrogens with one attached hydrogen (secondary N) is 1. The number of hydrogen-bond donors (Lipinski definition) is 1. The van der Waals surface area contributed by atoms with Crippen molar-refractivity contribution in [1.29, 1.82) is 0 Å². The van der Waals surface area contributed by atoms with Gasteiger partial charge in [0.1, 0.15) is 0 Å². The van der Waals surface area contributed by atoms with E-state index in [1.165, 1.54) is 0 Å². The van der Waals surface area contributed by atoms with E-state index in [1.807, 2.05) is 6.92 Å². The van der Waals surface area contributed by atoms with Crippen LogP contribution >= 0.6 is 0 Å². The van der Waals surface area contributed by atoms with Gasteiger partial charge in [-0.2, -0.15) is 0 Å². The zero-order valence-electron chi connectivity index (χ0n) is 7.50. The van der Waals surface area contributed by atoms with Gasteiger partial charge in [-0.25, -0.2) is 13.1 Å². The molecule has 1 N–H and O–H groups in total. The van der Waals surface area contributed by atoms with Crippen molar-refractivity contribution in [3.05, 3.63) is 0 Å². The molecule has 0 bridgehead atoms. The lowest BCUT2D eigenvalue weighted by atomic mass is 10.4. The molecular formula is C8H15NO2S. The molecule has 0 aliphatic carbocycles. The zero-order chi connectivity index (χ0) is 9.61. The topological polar surface area (TPSA) is 46.2 Å². The molecule has 12 heavy (non-hydrogen) atoms. The van der Waals surface area contributed by atoms with Crippen molar-refractivity contribution in [2.75, 3.05) is 5.75 Å². The van der Waals surface area contributed by atoms with Gasteiger partial charge in [0.25, 0.3) is 0 Å². The molecule has 0 aliphatic heterocycles. The minimum absolute atomic E-state index is 0.162. The Labute approximate surface area is 74.6 Å². The standard InChI is InChI=1S/C8H15NO2S/c1-4-6-7-12(10,11)9-8(3)5-2/h2,8-9H,4,6-7H2,1,3H3. The quantitative estimate of drug-likeness (QED) is 0.648. The van der Waals surface area contributed by atoms with E-state index in [4.69, 9.17) is 6.42 Å². The third-order valence-corrected chi connectivity index (χ3v) is 2.91. The van der Waals surface area contributed by atoms with Gasteiger partial charge in [-0.1, -0.05) is 19.3 Å². The Morgan fingerprint density at radius 3 is 2.58 bits per heavy atom. The second kappa shape index (κ2) is 5.18. The maximum atomic E-state index is 11.2. The Kier molecular flexibility index (Phi) is 4.95. The van der Waals surface area contributed by atoms with Crippen molar-refractivity contribution >= 4 is 10.0 Å². The fourth-order valence-electron chi connectivity index (χ4n) is 0.697. The summed E-state index contributed by atoms with van der Waals surface area (Å²) in [7, 11) is -3.15. The third kappa shape index (κ3) is 5.16. The smallest absolute Gasteiger partial charge is 0.212 e. The minimum atomic E-state index is -3.15. The molecule has 0 aromatic rings. The van der Waals surface area contributed by atoms with Gasteiger partial charge in [0.05, 0.1) is 11.8 Å². The molecule has 4 heteroatoms. The van der Waals surface area contributed by atoms with Crippen LogP contribution in [0.4, 0.5) is 0 Å². The van der Waals surface area contributed by atoms with Crippen molar-refractivity contribution in [2.24, 2.45) is 0 Å². The normalized spacial score (nSPS) is 13.8. The molecule has 0 heterocycles. The largest absolute Gasteiger partial charge is 0.212 e. The van der Waals surface area contributed by atoms with Gasteiger partial charge in [-0.3, -0.25) is 0 Å². The molecule has 0 amide bonds. The lowest BCUT2D eigenvalue weighted by Gasteiger charge is -2.07. The summed E-state index contributed by atoms with van der Waals surface area (Å²) in [6, 6.07) is -0.410. The second-order valence-corrected chi connectivity index (χ2v) is 4.55. The number of hydrogen-bond acceptors (Lipinski definition) is 2. The second-order valence-electron chi connectivity index (χ2n) is 2.68. The Balaban J connectivity index is 3.99. The summed E-state index contributed by atoms with van der Waals surface area (Å²) in [4.78, 5) is 0. The minimum Gasteiger partial charge on any atom is -0.212 e. The molecular weight excluding hydrogens is 174 g/mol. The van der Waals surface area contributed by atoms with Crippen LogP contribution in [0, 0.1) is 12.3 Å². The first kappa shape index (κ1) is 11.5. The van der Waals surface area contributed by atoms with Crippen molar-refractivity contribution in [1.82, 2.24) is 4.72 Å². The van der Waals surface area contributed by atoms with Crippen LogP contribution in [0.2, 0.25) is 0 Å². The van der Waals surface area contributed by atoms with Gasteiger partial charge in [0.2, 0.25) is 10.0 Å². The van der Waals surface area contributed by atoms with Crippen LogP contribution in [0.1, 0.15) is 26.7 Å². The van der Waals surface area contributed by atoms with Gasteiger partial charge in [0.15, 0.2) is 0 Å². The first-order chi connectivity index (χ1) is 5.52. The van der Waals surface area contributed by atoms with Crippen LogP contribution in [0.5, 0.6) is 0 Å². The average Bonchev–Trinajstić information content (AvgIpc) is 2.00. The summed E-state index contributed by atoms with van der Waals surface area (Å²) in [6.45, 7) is 3.59. The van der Waals surface area contributed by atoms with Crippen molar-refractivity contribution in [3.63, 3.8) is 0 Å². The highest BCUT2D eigenvalue weighted by atomic mass is 32.2. The SMILES string of the molecule is C#CC(C)NS(=O)(=O)CCCC. The van der Waals surface area contributed by atoms with Gasteiger partial charge in [0, 0.05) is 0 Å². The molecule has 0 radical (unpaired) electrons. The molecule has 0 aromatic heterocycles. The summed E-state index contributed by atoms with van der Waals surface area (Å²) in [5.41, 5.74) is 0. The highest BCUT2D eigenvalue weighted by Crippen LogP contribution is 1.94. The summed E-state index contributed by atoms with van der Waals surface area (Å²) in [6.07, 6.45) is 6.57. The predicted octanol–water partition coefficient (Wildman–Crippen LogP) is 0.728. The average molecular weight is 189 g/mol. The van der Waals surface area contributed by atoms with Crippen LogP contribution in [0.3, 0.4) is 0 Å². The molecule has 0 aromatic carbocycles. The summed E-state index contributed by atoms with van der Waals surface area (Å²) >= 11 is 0. The van der Waals surface area contributed by atoms with Gasteiger partial charge < -0.3 is 0 Å². The lowest BCUT2D eigenvalue weighted by molar-refractivity contribution is 0.574. The highest BCUT2D eigenvalue weighted by Gasteiger charge is 2.11. The van der Waals surface area contributed by atoms with Crippen LogP contribution in [0.15, 0.2) is 0 Å². The van der Waals surface area contributed by atoms with E-state index >= 15 is 0 Å². The molecule has 0 fully saturated rings. The number of rotatable bonds is 5. The Morgan fingerprint density at radius 1 is 1.58 bits per heavy atom. The maximum absolute atomic E-state index is 11.2. The summed E-state index contributed by atoms with van der Waals surface area (Å²) in [5.74, 6) is 2.47. The van der Waals surface area contributed by atoms with Crippen LogP contribution in [-0.4, -0.2) is 20.2 Å². The Hall–Kier alpha value is -0.530. The maximum Gasteiger partial charge on any atom is 0.212 e. The number of terminal acetylenes is 1. The van der Waals surface area contributed by atoms with Crippen LogP contribution in [-0.2, 0) is 10.0 Å². The van der Waals surface area contributed by atoms with E-state index in [0.717, 1.165) is 6.42 Å². The molecule has 0 spiro atoms. The molecule has 0 aliphatic rings. The van der Waals surface area contributed by atoms with Crippen molar-refractivity contribution < 1.29 is 8.42 Å². The monoisotopic (exact) mass is 189 g/mol. The third-order valence-electron chi connectivity index (χ3n) is 1.37.